The number of hydrogen-bond acceptors (Lipinski definition) is 3. The van der Waals surface area contributed by atoms with Crippen molar-refractivity contribution >= 4 is 15.7 Å². The number of nitrogens with two attached hydrogens (primary N) is 1. The van der Waals surface area contributed by atoms with Crippen molar-refractivity contribution in [2.24, 2.45) is 0 Å². The Morgan fingerprint density at radius 1 is 1.08 bits per heavy atom. The molecule has 3 rings (SSSR count). The van der Waals surface area contributed by atoms with E-state index in [9.17, 15) is 21.6 Å². The van der Waals surface area contributed by atoms with Crippen LogP contribution < -0.4 is 10.5 Å². The quantitative estimate of drug-likeness (QED) is 0.831. The Bertz CT molecular complexity index is 877. The number of nitrogen functional groups attached to an aromatic ring is 1. The van der Waals surface area contributed by atoms with Crippen LogP contribution in [0.5, 0.6) is 0 Å². The number of nitrogens with one attached hydrogen (secondary N) is 1. The molecule has 0 aliphatic heterocycles. The van der Waals surface area contributed by atoms with Gasteiger partial charge >= 0.3 is 0 Å². The molecule has 24 heavy (non-hydrogen) atoms. The molecular weight excluding hydrogens is 341 g/mol. The van der Waals surface area contributed by atoms with Crippen LogP contribution >= 0.6 is 0 Å². The first-order chi connectivity index (χ1) is 11.3. The molecule has 1 atom stereocenters. The summed E-state index contributed by atoms with van der Waals surface area (Å²) in [6.07, 6.45) is 1.94. The van der Waals surface area contributed by atoms with Crippen molar-refractivity contribution in [1.29, 1.82) is 0 Å². The van der Waals surface area contributed by atoms with E-state index in [0.29, 0.717) is 30.7 Å². The predicted molar refractivity (Wildman–Crippen MR) is 83.2 cm³/mol. The second-order valence-corrected chi connectivity index (χ2v) is 7.37. The summed E-state index contributed by atoms with van der Waals surface area (Å²) >= 11 is 0. The highest BCUT2D eigenvalue weighted by molar-refractivity contribution is 7.89. The number of halogens is 3. The Balaban J connectivity index is 1.98. The average Bonchev–Trinajstić information content (AvgIpc) is 2.45. The van der Waals surface area contributed by atoms with E-state index >= 15 is 0 Å². The Morgan fingerprint density at radius 3 is 2.42 bits per heavy atom. The topological polar surface area (TPSA) is 72.2 Å². The standard InChI is InChI=1S/C16H15F3N2O2S/c17-10-7-13(18)16(14(19)8-10)24(22,23)21-15-3-1-2-9-6-11(20)4-5-12(9)15/h4-8,15,21H,1-3,20H2. The van der Waals surface area contributed by atoms with E-state index in [1.807, 2.05) is 0 Å². The summed E-state index contributed by atoms with van der Waals surface area (Å²) in [7, 11) is -4.49. The van der Waals surface area contributed by atoms with Crippen LogP contribution in [0.2, 0.25) is 0 Å². The summed E-state index contributed by atoms with van der Waals surface area (Å²) < 4.78 is 67.7. The molecule has 0 spiro atoms. The molecule has 0 heterocycles. The Hall–Kier alpha value is -2.06. The minimum absolute atomic E-state index is 0.340. The van der Waals surface area contributed by atoms with Gasteiger partial charge in [0.25, 0.3) is 0 Å². The van der Waals surface area contributed by atoms with Crippen LogP contribution in [0.4, 0.5) is 18.9 Å². The largest absolute Gasteiger partial charge is 0.399 e. The lowest BCUT2D eigenvalue weighted by Crippen LogP contribution is -2.32. The number of fused-ring (bicyclic) bond motifs is 1. The third kappa shape index (κ3) is 3.11. The van der Waals surface area contributed by atoms with E-state index in [1.165, 1.54) is 0 Å². The molecule has 128 valence electrons. The number of benzene rings is 2. The van der Waals surface area contributed by atoms with Gasteiger partial charge in [-0.3, -0.25) is 0 Å². The summed E-state index contributed by atoms with van der Waals surface area (Å²) in [6, 6.07) is 5.16. The highest BCUT2D eigenvalue weighted by atomic mass is 32.2. The SMILES string of the molecule is Nc1ccc2c(c1)CCCC2NS(=O)(=O)c1c(F)cc(F)cc1F. The molecule has 0 amide bonds. The van der Waals surface area contributed by atoms with Gasteiger partial charge in [0.2, 0.25) is 10.0 Å². The lowest BCUT2D eigenvalue weighted by atomic mass is 9.88. The first-order valence-corrected chi connectivity index (χ1v) is 8.81. The molecule has 0 aromatic heterocycles. The Kier molecular flexibility index (Phi) is 4.27. The van der Waals surface area contributed by atoms with Crippen molar-refractivity contribution in [2.45, 2.75) is 30.2 Å². The molecule has 1 aliphatic carbocycles. The van der Waals surface area contributed by atoms with Crippen molar-refractivity contribution in [3.8, 4) is 0 Å². The fraction of sp³-hybridized carbons (Fsp3) is 0.250. The van der Waals surface area contributed by atoms with Gasteiger partial charge in [0.05, 0.1) is 0 Å². The zero-order chi connectivity index (χ0) is 17.5. The van der Waals surface area contributed by atoms with E-state index in [1.54, 1.807) is 18.2 Å². The van der Waals surface area contributed by atoms with Gasteiger partial charge in [-0.15, -0.1) is 0 Å². The summed E-state index contributed by atoms with van der Waals surface area (Å²) in [5.41, 5.74) is 7.91. The first-order valence-electron chi connectivity index (χ1n) is 7.33. The molecule has 0 saturated carbocycles. The maximum absolute atomic E-state index is 13.8. The van der Waals surface area contributed by atoms with E-state index in [2.05, 4.69) is 4.72 Å². The minimum Gasteiger partial charge on any atom is -0.399 e. The van der Waals surface area contributed by atoms with Gasteiger partial charge in [0.15, 0.2) is 4.90 Å². The van der Waals surface area contributed by atoms with Crippen LogP contribution in [0.3, 0.4) is 0 Å². The van der Waals surface area contributed by atoms with Crippen LogP contribution in [-0.4, -0.2) is 8.42 Å². The van der Waals surface area contributed by atoms with E-state index in [0.717, 1.165) is 17.5 Å². The van der Waals surface area contributed by atoms with Crippen molar-refractivity contribution in [3.05, 3.63) is 58.9 Å². The molecule has 0 fully saturated rings. The van der Waals surface area contributed by atoms with Crippen molar-refractivity contribution in [2.75, 3.05) is 5.73 Å². The third-order valence-electron chi connectivity index (χ3n) is 4.01. The lowest BCUT2D eigenvalue weighted by Gasteiger charge is -2.26. The molecule has 0 radical (unpaired) electrons. The average molecular weight is 356 g/mol. The highest BCUT2D eigenvalue weighted by Gasteiger charge is 2.30. The number of hydrogen-bond donors (Lipinski definition) is 2. The van der Waals surface area contributed by atoms with Gasteiger partial charge in [-0.1, -0.05) is 6.07 Å². The number of sulfonamides is 1. The molecule has 1 unspecified atom stereocenters. The summed E-state index contributed by atoms with van der Waals surface area (Å²) in [4.78, 5) is -1.17. The molecule has 4 nitrogen and oxygen atoms in total. The summed E-state index contributed by atoms with van der Waals surface area (Å²) in [5.74, 6) is -4.11. The van der Waals surface area contributed by atoms with Gasteiger partial charge in [0, 0.05) is 23.9 Å². The van der Waals surface area contributed by atoms with Crippen LogP contribution in [0.1, 0.15) is 30.0 Å². The number of rotatable bonds is 3. The number of aryl methyl sites for hydroxylation is 1. The summed E-state index contributed by atoms with van der Waals surface area (Å²) in [5, 5.41) is 0. The normalized spacial score (nSPS) is 17.5. The predicted octanol–water partition coefficient (Wildman–Crippen LogP) is 3.04. The zero-order valence-corrected chi connectivity index (χ0v) is 13.3. The van der Waals surface area contributed by atoms with Crippen LogP contribution in [0.15, 0.2) is 35.2 Å². The number of anilines is 1. The molecule has 0 saturated heterocycles. The van der Waals surface area contributed by atoms with Gasteiger partial charge in [0.1, 0.15) is 17.5 Å². The van der Waals surface area contributed by atoms with Crippen LogP contribution in [0.25, 0.3) is 0 Å². The molecule has 3 N–H and O–H groups in total. The Labute approximate surface area is 137 Å². The van der Waals surface area contributed by atoms with Gasteiger partial charge in [-0.2, -0.15) is 0 Å². The highest BCUT2D eigenvalue weighted by Crippen LogP contribution is 2.32. The second-order valence-electron chi connectivity index (χ2n) is 5.72. The van der Waals surface area contributed by atoms with Crippen molar-refractivity contribution in [1.82, 2.24) is 4.72 Å². The van der Waals surface area contributed by atoms with Crippen molar-refractivity contribution < 1.29 is 21.6 Å². The molecular formula is C16H15F3N2O2S. The molecule has 1 aliphatic rings. The van der Waals surface area contributed by atoms with E-state index in [4.69, 9.17) is 5.73 Å². The zero-order valence-electron chi connectivity index (χ0n) is 12.5. The van der Waals surface area contributed by atoms with Crippen LogP contribution in [0, 0.1) is 17.5 Å². The van der Waals surface area contributed by atoms with E-state index < -0.39 is 38.4 Å². The molecule has 2 aromatic carbocycles. The monoisotopic (exact) mass is 356 g/mol. The van der Waals surface area contributed by atoms with Crippen LogP contribution in [-0.2, 0) is 16.4 Å². The smallest absolute Gasteiger partial charge is 0.246 e. The van der Waals surface area contributed by atoms with Gasteiger partial charge in [-0.25, -0.2) is 26.3 Å². The Morgan fingerprint density at radius 2 is 1.75 bits per heavy atom. The maximum atomic E-state index is 13.8. The van der Waals surface area contributed by atoms with Gasteiger partial charge in [-0.05, 0) is 42.5 Å². The van der Waals surface area contributed by atoms with Crippen molar-refractivity contribution in [3.63, 3.8) is 0 Å². The maximum Gasteiger partial charge on any atom is 0.246 e. The lowest BCUT2D eigenvalue weighted by molar-refractivity contribution is 0.478. The third-order valence-corrected chi connectivity index (χ3v) is 5.53. The fourth-order valence-electron chi connectivity index (χ4n) is 2.99. The molecule has 8 heteroatoms. The summed E-state index contributed by atoms with van der Waals surface area (Å²) in [6.45, 7) is 0. The first kappa shape index (κ1) is 16.8. The van der Waals surface area contributed by atoms with Gasteiger partial charge < -0.3 is 5.73 Å². The minimum atomic E-state index is -4.49. The molecule has 0 bridgehead atoms. The fourth-order valence-corrected chi connectivity index (χ4v) is 4.36. The van der Waals surface area contributed by atoms with E-state index in [-0.39, 0.29) is 0 Å². The second kappa shape index (κ2) is 6.10. The molecule has 2 aromatic rings.